The van der Waals surface area contributed by atoms with Crippen LogP contribution in [0.2, 0.25) is 0 Å². The summed E-state index contributed by atoms with van der Waals surface area (Å²) < 4.78 is 15.4. The first-order chi connectivity index (χ1) is 11.8. The zero-order valence-corrected chi connectivity index (χ0v) is 13.6. The Kier molecular flexibility index (Phi) is 4.04. The second-order valence-corrected chi connectivity index (χ2v) is 5.92. The van der Waals surface area contributed by atoms with Gasteiger partial charge < -0.3 is 14.0 Å². The molecule has 4 rings (SSSR count). The van der Waals surface area contributed by atoms with Crippen molar-refractivity contribution < 1.29 is 9.47 Å². The van der Waals surface area contributed by atoms with Crippen LogP contribution in [0, 0.1) is 0 Å². The van der Waals surface area contributed by atoms with Gasteiger partial charge in [-0.25, -0.2) is 9.97 Å². The molecule has 0 saturated carbocycles. The molecule has 1 atom stereocenters. The van der Waals surface area contributed by atoms with E-state index >= 15 is 0 Å². The molecule has 0 bridgehead atoms. The van der Waals surface area contributed by atoms with Crippen LogP contribution in [0.4, 0.5) is 0 Å². The predicted molar refractivity (Wildman–Crippen MR) is 90.2 cm³/mol. The first-order valence-corrected chi connectivity index (χ1v) is 8.17. The fourth-order valence-electron chi connectivity index (χ4n) is 2.93. The van der Waals surface area contributed by atoms with Crippen LogP contribution in [0.3, 0.4) is 0 Å². The van der Waals surface area contributed by atoms with Crippen molar-refractivity contribution in [2.24, 2.45) is 7.05 Å². The van der Waals surface area contributed by atoms with E-state index in [0.29, 0.717) is 6.61 Å². The molecular weight excluding hydrogens is 304 g/mol. The molecule has 1 aliphatic heterocycles. The van der Waals surface area contributed by atoms with Crippen LogP contribution in [0.15, 0.2) is 49.1 Å². The zero-order valence-electron chi connectivity index (χ0n) is 13.6. The second-order valence-electron chi connectivity index (χ2n) is 5.92. The number of ether oxygens (including phenoxy) is 2. The predicted octanol–water partition coefficient (Wildman–Crippen LogP) is 2.83. The lowest BCUT2D eigenvalue weighted by Crippen LogP contribution is -2.16. The van der Waals surface area contributed by atoms with E-state index in [2.05, 4.69) is 9.97 Å². The van der Waals surface area contributed by atoms with Gasteiger partial charge in [-0.1, -0.05) is 0 Å². The maximum absolute atomic E-state index is 5.82. The van der Waals surface area contributed by atoms with Gasteiger partial charge in [0.05, 0.1) is 6.10 Å². The zero-order chi connectivity index (χ0) is 16.4. The number of nitrogens with zero attached hydrogens (tertiary/aromatic N) is 4. The molecular formula is C18H20N4O2. The Hall–Kier alpha value is -2.60. The minimum Gasteiger partial charge on any atom is -0.491 e. The molecule has 0 amide bonds. The van der Waals surface area contributed by atoms with Crippen molar-refractivity contribution in [3.05, 3.63) is 49.1 Å². The molecule has 6 heteroatoms. The van der Waals surface area contributed by atoms with Gasteiger partial charge in [-0.05, 0) is 37.1 Å². The van der Waals surface area contributed by atoms with E-state index in [1.54, 1.807) is 12.4 Å². The molecule has 124 valence electrons. The Balaban J connectivity index is 1.51. The van der Waals surface area contributed by atoms with E-state index in [4.69, 9.17) is 9.47 Å². The summed E-state index contributed by atoms with van der Waals surface area (Å²) in [6.07, 6.45) is 9.85. The van der Waals surface area contributed by atoms with Crippen LogP contribution in [0.5, 0.6) is 5.75 Å². The number of benzene rings is 1. The van der Waals surface area contributed by atoms with Gasteiger partial charge in [-0.3, -0.25) is 4.57 Å². The van der Waals surface area contributed by atoms with Crippen LogP contribution in [0.1, 0.15) is 12.8 Å². The van der Waals surface area contributed by atoms with Gasteiger partial charge in [0.1, 0.15) is 12.4 Å². The first-order valence-electron chi connectivity index (χ1n) is 8.17. The van der Waals surface area contributed by atoms with Gasteiger partial charge in [0.25, 0.3) is 0 Å². The lowest BCUT2D eigenvalue weighted by molar-refractivity contribution is 0.0679. The Morgan fingerprint density at radius 3 is 2.62 bits per heavy atom. The summed E-state index contributed by atoms with van der Waals surface area (Å²) in [5.74, 6) is 2.50. The SMILES string of the molecule is Cn1ccnc1-c1nccn1-c1ccc(OC[C@@H]2CCCO2)cc1. The van der Waals surface area contributed by atoms with E-state index in [0.717, 1.165) is 42.5 Å². The standard InChI is InChI=1S/C18H20N4O2/c1-21-10-8-19-17(21)18-20-9-11-22(18)14-4-6-15(7-5-14)24-13-16-3-2-12-23-16/h4-11,16H,2-3,12-13H2,1H3/t16-/m0/s1. The normalized spacial score (nSPS) is 17.3. The first kappa shape index (κ1) is 15.0. The summed E-state index contributed by atoms with van der Waals surface area (Å²) in [5, 5.41) is 0. The highest BCUT2D eigenvalue weighted by atomic mass is 16.5. The van der Waals surface area contributed by atoms with Crippen LogP contribution in [-0.4, -0.2) is 38.4 Å². The molecule has 1 aliphatic rings. The minimum atomic E-state index is 0.230. The van der Waals surface area contributed by atoms with Gasteiger partial charge in [0, 0.05) is 44.1 Å². The molecule has 0 radical (unpaired) electrons. The summed E-state index contributed by atoms with van der Waals surface area (Å²) in [6.45, 7) is 1.46. The topological polar surface area (TPSA) is 54.1 Å². The molecule has 1 saturated heterocycles. The molecule has 2 aromatic heterocycles. The molecule has 1 fully saturated rings. The Labute approximate surface area is 140 Å². The Bertz CT molecular complexity index is 801. The summed E-state index contributed by atoms with van der Waals surface area (Å²) in [5.41, 5.74) is 1.02. The third-order valence-electron chi connectivity index (χ3n) is 4.24. The fourth-order valence-corrected chi connectivity index (χ4v) is 2.93. The molecule has 1 aromatic carbocycles. The van der Waals surface area contributed by atoms with Gasteiger partial charge in [0.2, 0.25) is 0 Å². The highest BCUT2D eigenvalue weighted by Crippen LogP contribution is 2.22. The van der Waals surface area contributed by atoms with Crippen molar-refractivity contribution >= 4 is 0 Å². The minimum absolute atomic E-state index is 0.230. The number of hydrogen-bond donors (Lipinski definition) is 0. The average Bonchev–Trinajstić information content (AvgIpc) is 3.35. The highest BCUT2D eigenvalue weighted by molar-refractivity contribution is 5.51. The van der Waals surface area contributed by atoms with Crippen LogP contribution in [-0.2, 0) is 11.8 Å². The van der Waals surface area contributed by atoms with Crippen molar-refractivity contribution in [3.8, 4) is 23.1 Å². The number of aryl methyl sites for hydroxylation is 1. The largest absolute Gasteiger partial charge is 0.491 e. The molecule has 0 spiro atoms. The molecule has 6 nitrogen and oxygen atoms in total. The molecule has 3 heterocycles. The summed E-state index contributed by atoms with van der Waals surface area (Å²) >= 11 is 0. The van der Waals surface area contributed by atoms with Gasteiger partial charge in [-0.15, -0.1) is 0 Å². The highest BCUT2D eigenvalue weighted by Gasteiger charge is 2.16. The Morgan fingerprint density at radius 2 is 1.92 bits per heavy atom. The quantitative estimate of drug-likeness (QED) is 0.724. The van der Waals surface area contributed by atoms with Gasteiger partial charge in [-0.2, -0.15) is 0 Å². The van der Waals surface area contributed by atoms with Crippen molar-refractivity contribution in [1.29, 1.82) is 0 Å². The number of imidazole rings is 2. The summed E-state index contributed by atoms with van der Waals surface area (Å²) in [6, 6.07) is 8.01. The van der Waals surface area contributed by atoms with Crippen molar-refractivity contribution in [3.63, 3.8) is 0 Å². The molecule has 0 unspecified atom stereocenters. The maximum atomic E-state index is 5.82. The number of hydrogen-bond acceptors (Lipinski definition) is 4. The fraction of sp³-hybridized carbons (Fsp3) is 0.333. The van der Waals surface area contributed by atoms with Gasteiger partial charge in [0.15, 0.2) is 11.6 Å². The maximum Gasteiger partial charge on any atom is 0.181 e. The van der Waals surface area contributed by atoms with E-state index in [-0.39, 0.29) is 6.10 Å². The third kappa shape index (κ3) is 2.92. The van der Waals surface area contributed by atoms with E-state index in [1.165, 1.54) is 0 Å². The van der Waals surface area contributed by atoms with E-state index < -0.39 is 0 Å². The molecule has 0 N–H and O–H groups in total. The van der Waals surface area contributed by atoms with Crippen molar-refractivity contribution in [2.75, 3.05) is 13.2 Å². The van der Waals surface area contributed by atoms with Crippen molar-refractivity contribution in [1.82, 2.24) is 19.1 Å². The average molecular weight is 324 g/mol. The Morgan fingerprint density at radius 1 is 1.12 bits per heavy atom. The van der Waals surface area contributed by atoms with Crippen LogP contribution in [0.25, 0.3) is 17.3 Å². The lowest BCUT2D eigenvalue weighted by Gasteiger charge is -2.12. The van der Waals surface area contributed by atoms with Crippen LogP contribution < -0.4 is 4.74 Å². The molecule has 0 aliphatic carbocycles. The van der Waals surface area contributed by atoms with E-state index in [9.17, 15) is 0 Å². The van der Waals surface area contributed by atoms with Crippen molar-refractivity contribution in [2.45, 2.75) is 18.9 Å². The number of rotatable bonds is 5. The third-order valence-corrected chi connectivity index (χ3v) is 4.24. The monoisotopic (exact) mass is 324 g/mol. The lowest BCUT2D eigenvalue weighted by atomic mass is 10.2. The smallest absolute Gasteiger partial charge is 0.181 e. The van der Waals surface area contributed by atoms with Gasteiger partial charge >= 0.3 is 0 Å². The van der Waals surface area contributed by atoms with Crippen LogP contribution >= 0.6 is 0 Å². The summed E-state index contributed by atoms with van der Waals surface area (Å²) in [7, 11) is 1.96. The molecule has 24 heavy (non-hydrogen) atoms. The number of aromatic nitrogens is 4. The second kappa shape index (κ2) is 6.49. The molecule has 3 aromatic rings. The van der Waals surface area contributed by atoms with E-state index in [1.807, 2.05) is 52.8 Å². The summed E-state index contributed by atoms with van der Waals surface area (Å²) in [4.78, 5) is 8.82.